The minimum atomic E-state index is -0.193. The lowest BCUT2D eigenvalue weighted by molar-refractivity contribution is 0.103. The van der Waals surface area contributed by atoms with Crippen LogP contribution in [0.2, 0.25) is 0 Å². The lowest BCUT2D eigenvalue weighted by Gasteiger charge is -2.20. The fraction of sp³-hybridized carbons (Fsp3) is 0.0870. The highest BCUT2D eigenvalue weighted by Gasteiger charge is 2.37. The Hall–Kier alpha value is -3.33. The number of aryl methyl sites for hydroxylation is 1. The second kappa shape index (κ2) is 5.60. The number of anilines is 2. The lowest BCUT2D eigenvalue weighted by atomic mass is 9.95. The van der Waals surface area contributed by atoms with Crippen LogP contribution in [0.3, 0.4) is 0 Å². The van der Waals surface area contributed by atoms with Crippen molar-refractivity contribution >= 4 is 22.9 Å². The highest BCUT2D eigenvalue weighted by atomic mass is 16.1. The predicted molar refractivity (Wildman–Crippen MR) is 105 cm³/mol. The molecule has 0 radical (unpaired) electrons. The van der Waals surface area contributed by atoms with E-state index in [0.29, 0.717) is 0 Å². The van der Waals surface area contributed by atoms with Crippen LogP contribution < -0.4 is 10.6 Å². The summed E-state index contributed by atoms with van der Waals surface area (Å²) in [6.45, 7) is 2.07. The van der Waals surface area contributed by atoms with Gasteiger partial charge < -0.3 is 10.6 Å². The van der Waals surface area contributed by atoms with Gasteiger partial charge in [0, 0.05) is 11.1 Å². The predicted octanol–water partition coefficient (Wildman–Crippen LogP) is 5.18. The Morgan fingerprint density at radius 3 is 2.19 bits per heavy atom. The number of benzene rings is 3. The quantitative estimate of drug-likeness (QED) is 0.642. The van der Waals surface area contributed by atoms with E-state index < -0.39 is 0 Å². The van der Waals surface area contributed by atoms with Crippen molar-refractivity contribution < 1.29 is 4.79 Å². The van der Waals surface area contributed by atoms with Crippen LogP contribution in [0.5, 0.6) is 0 Å². The highest BCUT2D eigenvalue weighted by molar-refractivity contribution is 6.23. The molecule has 0 bridgehead atoms. The van der Waals surface area contributed by atoms with Gasteiger partial charge in [0.25, 0.3) is 0 Å². The summed E-state index contributed by atoms with van der Waals surface area (Å²) in [5, 5.41) is 7.11. The summed E-state index contributed by atoms with van der Waals surface area (Å²) in [4.78, 5) is 13.2. The lowest BCUT2D eigenvalue weighted by Crippen LogP contribution is -2.17. The second-order valence-electron chi connectivity index (χ2n) is 6.82. The van der Waals surface area contributed by atoms with E-state index in [-0.39, 0.29) is 11.8 Å². The zero-order chi connectivity index (χ0) is 17.7. The average Bonchev–Trinajstić information content (AvgIpc) is 2.84. The highest BCUT2D eigenvalue weighted by Crippen LogP contribution is 2.44. The largest absolute Gasteiger partial charge is 0.372 e. The molecule has 1 aliphatic heterocycles. The molecule has 1 atom stereocenters. The fourth-order valence-corrected chi connectivity index (χ4v) is 3.80. The van der Waals surface area contributed by atoms with E-state index in [0.717, 1.165) is 39.3 Å². The third-order valence-electron chi connectivity index (χ3n) is 5.14. The van der Waals surface area contributed by atoms with Gasteiger partial charge in [0.1, 0.15) is 0 Å². The summed E-state index contributed by atoms with van der Waals surface area (Å²) >= 11 is 0. The van der Waals surface area contributed by atoms with E-state index in [9.17, 15) is 4.79 Å². The van der Waals surface area contributed by atoms with Crippen molar-refractivity contribution in [1.82, 2.24) is 0 Å². The van der Waals surface area contributed by atoms with Crippen LogP contribution in [-0.2, 0) is 0 Å². The number of ketones is 1. The van der Waals surface area contributed by atoms with E-state index in [1.165, 1.54) is 5.56 Å². The van der Waals surface area contributed by atoms with Gasteiger partial charge in [-0.15, -0.1) is 0 Å². The Bertz CT molecular complexity index is 1060. The van der Waals surface area contributed by atoms with Crippen molar-refractivity contribution in [2.45, 2.75) is 13.0 Å². The van der Waals surface area contributed by atoms with Crippen LogP contribution in [0, 0.1) is 6.92 Å². The number of fused-ring (bicyclic) bond motifs is 3. The summed E-state index contributed by atoms with van der Waals surface area (Å²) in [6.07, 6.45) is 0. The molecule has 1 unspecified atom stereocenters. The molecule has 0 amide bonds. The summed E-state index contributed by atoms with van der Waals surface area (Å²) in [5.41, 5.74) is 7.71. The molecular formula is C23H18N2O. The monoisotopic (exact) mass is 338 g/mol. The third-order valence-corrected chi connectivity index (χ3v) is 5.14. The van der Waals surface area contributed by atoms with Crippen molar-refractivity contribution in [3.05, 3.63) is 101 Å². The normalized spacial score (nSPS) is 17.6. The summed E-state index contributed by atoms with van der Waals surface area (Å²) in [5.74, 6) is 0.0916. The summed E-state index contributed by atoms with van der Waals surface area (Å²) in [6, 6.07) is 24.1. The Morgan fingerprint density at radius 1 is 0.769 bits per heavy atom. The zero-order valence-electron chi connectivity index (χ0n) is 14.4. The number of carbonyl (C=O) groups excluding carboxylic acids is 1. The van der Waals surface area contributed by atoms with Crippen LogP contribution in [-0.4, -0.2) is 5.78 Å². The molecule has 1 heterocycles. The smallest absolute Gasteiger partial charge is 0.194 e. The standard InChI is InChI=1S/C23H18N2O/c1-14-10-12-15(13-11-14)21-20-22(16-6-2-3-7-17(16)23(20)26)25-19-9-5-4-8-18(19)24-21/h2-13,21,24-25H,1H3. The molecule has 3 nitrogen and oxygen atoms in total. The molecule has 126 valence electrons. The minimum Gasteiger partial charge on any atom is -0.372 e. The first-order chi connectivity index (χ1) is 12.7. The summed E-state index contributed by atoms with van der Waals surface area (Å²) < 4.78 is 0. The van der Waals surface area contributed by atoms with Crippen LogP contribution in [0.4, 0.5) is 11.4 Å². The van der Waals surface area contributed by atoms with Gasteiger partial charge in [0.05, 0.1) is 28.7 Å². The van der Waals surface area contributed by atoms with Gasteiger partial charge in [0.2, 0.25) is 0 Å². The fourth-order valence-electron chi connectivity index (χ4n) is 3.80. The SMILES string of the molecule is Cc1ccc(C2Nc3ccccc3NC3=C2C(=O)c2ccccc23)cc1. The van der Waals surface area contributed by atoms with Gasteiger partial charge in [0.15, 0.2) is 5.78 Å². The van der Waals surface area contributed by atoms with Gasteiger partial charge >= 0.3 is 0 Å². The maximum atomic E-state index is 13.2. The molecule has 3 aromatic carbocycles. The number of hydrogen-bond acceptors (Lipinski definition) is 3. The Balaban J connectivity index is 1.74. The molecule has 5 rings (SSSR count). The molecule has 0 saturated carbocycles. The molecule has 0 aromatic heterocycles. The Kier molecular flexibility index (Phi) is 3.22. The van der Waals surface area contributed by atoms with E-state index in [4.69, 9.17) is 0 Å². The molecule has 2 N–H and O–H groups in total. The molecule has 0 spiro atoms. The molecule has 26 heavy (non-hydrogen) atoms. The van der Waals surface area contributed by atoms with Gasteiger partial charge in [-0.2, -0.15) is 0 Å². The molecule has 1 aliphatic carbocycles. The van der Waals surface area contributed by atoms with Gasteiger partial charge in [-0.1, -0.05) is 66.2 Å². The first kappa shape index (κ1) is 15.0. The third kappa shape index (κ3) is 2.17. The number of nitrogens with one attached hydrogen (secondary N) is 2. The number of para-hydroxylation sites is 2. The van der Waals surface area contributed by atoms with Crippen molar-refractivity contribution in [2.24, 2.45) is 0 Å². The van der Waals surface area contributed by atoms with E-state index in [2.05, 4.69) is 41.8 Å². The summed E-state index contributed by atoms with van der Waals surface area (Å²) in [7, 11) is 0. The van der Waals surface area contributed by atoms with Crippen LogP contribution in [0.1, 0.15) is 33.1 Å². The van der Waals surface area contributed by atoms with E-state index >= 15 is 0 Å². The molecular weight excluding hydrogens is 320 g/mol. The van der Waals surface area contributed by atoms with Crippen LogP contribution in [0.25, 0.3) is 5.70 Å². The zero-order valence-corrected chi connectivity index (χ0v) is 14.4. The first-order valence-corrected chi connectivity index (χ1v) is 8.80. The van der Waals surface area contributed by atoms with E-state index in [1.54, 1.807) is 0 Å². The first-order valence-electron chi connectivity index (χ1n) is 8.80. The molecule has 0 saturated heterocycles. The minimum absolute atomic E-state index is 0.0916. The Labute approximate surface area is 152 Å². The number of carbonyl (C=O) groups is 1. The van der Waals surface area contributed by atoms with E-state index in [1.807, 2.05) is 48.5 Å². The van der Waals surface area contributed by atoms with Crippen LogP contribution in [0.15, 0.2) is 78.4 Å². The van der Waals surface area contributed by atoms with Gasteiger partial charge in [-0.05, 0) is 24.6 Å². The molecule has 0 fully saturated rings. The topological polar surface area (TPSA) is 41.1 Å². The van der Waals surface area contributed by atoms with Crippen molar-refractivity contribution in [3.63, 3.8) is 0 Å². The maximum absolute atomic E-state index is 13.2. The molecule has 2 aliphatic rings. The number of Topliss-reactive ketones (excluding diaryl/α,β-unsaturated/α-hetero) is 1. The van der Waals surface area contributed by atoms with Gasteiger partial charge in [-0.3, -0.25) is 4.79 Å². The average molecular weight is 338 g/mol. The molecule has 3 heteroatoms. The maximum Gasteiger partial charge on any atom is 0.194 e. The van der Waals surface area contributed by atoms with Crippen molar-refractivity contribution in [2.75, 3.05) is 10.6 Å². The number of hydrogen-bond donors (Lipinski definition) is 2. The van der Waals surface area contributed by atoms with Crippen molar-refractivity contribution in [1.29, 1.82) is 0 Å². The second-order valence-corrected chi connectivity index (χ2v) is 6.82. The van der Waals surface area contributed by atoms with Gasteiger partial charge in [-0.25, -0.2) is 0 Å². The number of rotatable bonds is 1. The Morgan fingerprint density at radius 2 is 1.42 bits per heavy atom. The van der Waals surface area contributed by atoms with Crippen molar-refractivity contribution in [3.8, 4) is 0 Å². The molecule has 3 aromatic rings. The van der Waals surface area contributed by atoms with Crippen LogP contribution >= 0.6 is 0 Å².